The zero-order valence-electron chi connectivity index (χ0n) is 15.9. The molecule has 3 aliphatic heterocycles. The highest BCUT2D eigenvalue weighted by Gasteiger charge is 2.59. The summed E-state index contributed by atoms with van der Waals surface area (Å²) in [5.74, 6) is -1.35. The van der Waals surface area contributed by atoms with Crippen molar-refractivity contribution < 1.29 is 37.9 Å². The molecule has 25 heavy (non-hydrogen) atoms. The number of rotatable bonds is 7. The zero-order chi connectivity index (χ0) is 18.2. The summed E-state index contributed by atoms with van der Waals surface area (Å²) in [4.78, 5) is 0. The van der Waals surface area contributed by atoms with Crippen LogP contribution in [0.25, 0.3) is 0 Å². The first-order valence-corrected chi connectivity index (χ1v) is 8.80. The van der Waals surface area contributed by atoms with Crippen molar-refractivity contribution in [3.05, 3.63) is 0 Å². The van der Waals surface area contributed by atoms with Crippen molar-refractivity contribution in [2.75, 3.05) is 26.9 Å². The third-order valence-electron chi connectivity index (χ3n) is 4.41. The molecule has 3 fully saturated rings. The average Bonchev–Trinajstić information content (AvgIpc) is 3.10. The van der Waals surface area contributed by atoms with Crippen molar-refractivity contribution in [1.82, 2.24) is 0 Å². The normalized spacial score (nSPS) is 40.3. The first kappa shape index (κ1) is 19.4. The average molecular weight is 362 g/mol. The number of methoxy groups -OCH3 is 1. The van der Waals surface area contributed by atoms with Crippen LogP contribution in [0.3, 0.4) is 0 Å². The fourth-order valence-electron chi connectivity index (χ4n) is 3.39. The lowest BCUT2D eigenvalue weighted by molar-refractivity contribution is -0.253. The van der Waals surface area contributed by atoms with Gasteiger partial charge in [0.05, 0.1) is 19.8 Å². The Bertz CT molecular complexity index is 454. The van der Waals surface area contributed by atoms with Crippen molar-refractivity contribution in [3.63, 3.8) is 0 Å². The maximum absolute atomic E-state index is 6.11. The van der Waals surface area contributed by atoms with Gasteiger partial charge in [0.15, 0.2) is 24.2 Å². The Morgan fingerprint density at radius 1 is 1.00 bits per heavy atom. The molecule has 0 aromatic heterocycles. The summed E-state index contributed by atoms with van der Waals surface area (Å²) < 4.78 is 46.3. The van der Waals surface area contributed by atoms with Gasteiger partial charge in [-0.1, -0.05) is 0 Å². The van der Waals surface area contributed by atoms with Gasteiger partial charge >= 0.3 is 0 Å². The number of ether oxygens (including phenoxy) is 8. The standard InChI is InChI=1S/C17H30O8/c1-10(19-8-7-18-6)21-13-12(11-9-20-16(2,3)23-11)22-15-14(13)24-17(4,5)25-15/h10-15H,7-9H2,1-6H3/t10?,11?,12-,13+,14-,15-/m1/s1. The summed E-state index contributed by atoms with van der Waals surface area (Å²) >= 11 is 0. The van der Waals surface area contributed by atoms with Gasteiger partial charge in [0, 0.05) is 7.11 Å². The van der Waals surface area contributed by atoms with Gasteiger partial charge in [-0.2, -0.15) is 0 Å². The second-order valence-electron chi connectivity index (χ2n) is 7.47. The molecule has 6 atom stereocenters. The van der Waals surface area contributed by atoms with Crippen LogP contribution in [-0.4, -0.2) is 75.5 Å². The SMILES string of the molecule is COCCOC(C)O[C@@H]1[C@H]2OC(C)(C)O[C@H]2O[C@@H]1C1COC(C)(C)O1. The van der Waals surface area contributed by atoms with Gasteiger partial charge < -0.3 is 37.9 Å². The van der Waals surface area contributed by atoms with E-state index >= 15 is 0 Å². The molecule has 3 rings (SSSR count). The van der Waals surface area contributed by atoms with E-state index in [0.717, 1.165) is 0 Å². The van der Waals surface area contributed by atoms with Crippen LogP contribution in [0.2, 0.25) is 0 Å². The van der Waals surface area contributed by atoms with E-state index in [4.69, 9.17) is 37.9 Å². The second-order valence-corrected chi connectivity index (χ2v) is 7.47. The van der Waals surface area contributed by atoms with Crippen LogP contribution in [0.15, 0.2) is 0 Å². The summed E-state index contributed by atoms with van der Waals surface area (Å²) in [5, 5.41) is 0. The maximum Gasteiger partial charge on any atom is 0.190 e. The Labute approximate surface area is 148 Å². The van der Waals surface area contributed by atoms with E-state index in [1.807, 2.05) is 34.6 Å². The molecule has 146 valence electrons. The molecule has 3 heterocycles. The largest absolute Gasteiger partial charge is 0.382 e. The van der Waals surface area contributed by atoms with Gasteiger partial charge in [-0.25, -0.2) is 0 Å². The van der Waals surface area contributed by atoms with Crippen LogP contribution >= 0.6 is 0 Å². The van der Waals surface area contributed by atoms with Crippen LogP contribution < -0.4 is 0 Å². The predicted octanol–water partition coefficient (Wildman–Crippen LogP) is 1.41. The Kier molecular flexibility index (Phi) is 5.72. The molecule has 3 saturated heterocycles. The first-order chi connectivity index (χ1) is 11.7. The van der Waals surface area contributed by atoms with E-state index in [-0.39, 0.29) is 24.4 Å². The third kappa shape index (κ3) is 4.51. The summed E-state index contributed by atoms with van der Waals surface area (Å²) in [5.41, 5.74) is 0. The van der Waals surface area contributed by atoms with Crippen molar-refractivity contribution in [2.45, 2.75) is 83.2 Å². The van der Waals surface area contributed by atoms with Crippen molar-refractivity contribution >= 4 is 0 Å². The van der Waals surface area contributed by atoms with Crippen molar-refractivity contribution in [2.24, 2.45) is 0 Å². The molecular weight excluding hydrogens is 332 g/mol. The van der Waals surface area contributed by atoms with Gasteiger partial charge in [-0.05, 0) is 34.6 Å². The molecule has 0 aromatic rings. The monoisotopic (exact) mass is 362 g/mol. The fourth-order valence-corrected chi connectivity index (χ4v) is 3.39. The van der Waals surface area contributed by atoms with Crippen LogP contribution in [0, 0.1) is 0 Å². The van der Waals surface area contributed by atoms with Crippen molar-refractivity contribution in [3.8, 4) is 0 Å². The molecule has 3 aliphatic rings. The molecular formula is C17H30O8. The Morgan fingerprint density at radius 2 is 1.76 bits per heavy atom. The minimum Gasteiger partial charge on any atom is -0.382 e. The molecule has 0 aromatic carbocycles. The minimum absolute atomic E-state index is 0.257. The van der Waals surface area contributed by atoms with E-state index in [1.54, 1.807) is 7.11 Å². The molecule has 0 bridgehead atoms. The Morgan fingerprint density at radius 3 is 2.40 bits per heavy atom. The molecule has 2 unspecified atom stereocenters. The molecule has 0 amide bonds. The van der Waals surface area contributed by atoms with Crippen LogP contribution in [-0.2, 0) is 37.9 Å². The van der Waals surface area contributed by atoms with Gasteiger partial charge in [-0.3, -0.25) is 0 Å². The summed E-state index contributed by atoms with van der Waals surface area (Å²) in [7, 11) is 1.63. The molecule has 0 radical (unpaired) electrons. The molecule has 8 heteroatoms. The quantitative estimate of drug-likeness (QED) is 0.497. The number of fused-ring (bicyclic) bond motifs is 1. The molecule has 0 aliphatic carbocycles. The van der Waals surface area contributed by atoms with Crippen molar-refractivity contribution in [1.29, 1.82) is 0 Å². The molecule has 0 N–H and O–H groups in total. The van der Waals surface area contributed by atoms with Gasteiger partial charge in [0.25, 0.3) is 0 Å². The van der Waals surface area contributed by atoms with Crippen LogP contribution in [0.5, 0.6) is 0 Å². The molecule has 8 nitrogen and oxygen atoms in total. The number of hydrogen-bond acceptors (Lipinski definition) is 8. The topological polar surface area (TPSA) is 73.8 Å². The van der Waals surface area contributed by atoms with E-state index < -0.39 is 24.2 Å². The predicted molar refractivity (Wildman–Crippen MR) is 85.8 cm³/mol. The minimum atomic E-state index is -0.714. The van der Waals surface area contributed by atoms with E-state index in [0.29, 0.717) is 19.8 Å². The highest BCUT2D eigenvalue weighted by molar-refractivity contribution is 4.98. The summed E-state index contributed by atoms with van der Waals surface area (Å²) in [6, 6.07) is 0. The van der Waals surface area contributed by atoms with Crippen LogP contribution in [0.1, 0.15) is 34.6 Å². The van der Waals surface area contributed by atoms with E-state index in [1.165, 1.54) is 0 Å². The lowest BCUT2D eigenvalue weighted by Crippen LogP contribution is -2.45. The highest BCUT2D eigenvalue weighted by atomic mass is 16.9. The Hall–Kier alpha value is -0.320. The maximum atomic E-state index is 6.11. The van der Waals surface area contributed by atoms with Gasteiger partial charge in [-0.15, -0.1) is 0 Å². The number of hydrogen-bond donors (Lipinski definition) is 0. The zero-order valence-corrected chi connectivity index (χ0v) is 15.9. The Balaban J connectivity index is 1.67. The van der Waals surface area contributed by atoms with E-state index in [2.05, 4.69) is 0 Å². The summed E-state index contributed by atoms with van der Waals surface area (Å²) in [6.07, 6.45) is -2.28. The smallest absolute Gasteiger partial charge is 0.190 e. The lowest BCUT2D eigenvalue weighted by atomic mass is 10.1. The van der Waals surface area contributed by atoms with Gasteiger partial charge in [0.1, 0.15) is 24.4 Å². The second kappa shape index (κ2) is 7.36. The first-order valence-electron chi connectivity index (χ1n) is 8.80. The molecule has 0 spiro atoms. The lowest BCUT2D eigenvalue weighted by Gasteiger charge is -2.30. The summed E-state index contributed by atoms with van der Waals surface area (Å²) in [6.45, 7) is 10.7. The highest BCUT2D eigenvalue weighted by Crippen LogP contribution is 2.42. The van der Waals surface area contributed by atoms with Crippen LogP contribution in [0.4, 0.5) is 0 Å². The van der Waals surface area contributed by atoms with E-state index in [9.17, 15) is 0 Å². The third-order valence-corrected chi connectivity index (χ3v) is 4.41. The molecule has 0 saturated carbocycles. The fraction of sp³-hybridized carbons (Fsp3) is 1.00. The van der Waals surface area contributed by atoms with Gasteiger partial charge in [0.2, 0.25) is 0 Å².